The Hall–Kier alpha value is -2.55. The fourth-order valence-electron chi connectivity index (χ4n) is 2.88. The van der Waals surface area contributed by atoms with E-state index in [0.29, 0.717) is 32.3 Å². The minimum Gasteiger partial charge on any atom is -0.342 e. The molecule has 3 rings (SSSR count). The molecule has 0 spiro atoms. The van der Waals surface area contributed by atoms with E-state index in [0.717, 1.165) is 5.56 Å². The topological polar surface area (TPSA) is 88.9 Å². The van der Waals surface area contributed by atoms with Crippen LogP contribution in [0.1, 0.15) is 34.7 Å². The van der Waals surface area contributed by atoms with E-state index in [1.165, 1.54) is 11.8 Å². The number of halogens is 2. The minimum absolute atomic E-state index is 0.110. The van der Waals surface area contributed by atoms with Crippen LogP contribution in [-0.2, 0) is 11.8 Å². The van der Waals surface area contributed by atoms with Gasteiger partial charge in [0.15, 0.2) is 11.0 Å². The third kappa shape index (κ3) is 5.78. The number of amides is 2. The summed E-state index contributed by atoms with van der Waals surface area (Å²) in [6.07, 6.45) is 0. The van der Waals surface area contributed by atoms with Crippen molar-refractivity contribution < 1.29 is 9.59 Å². The Labute approximate surface area is 194 Å². The van der Waals surface area contributed by atoms with Gasteiger partial charge in [0, 0.05) is 12.6 Å². The lowest BCUT2D eigenvalue weighted by Crippen LogP contribution is -2.28. The summed E-state index contributed by atoms with van der Waals surface area (Å²) >= 11 is 13.3. The fraction of sp³-hybridized carbons (Fsp3) is 0.238. The highest BCUT2D eigenvalue weighted by molar-refractivity contribution is 7.99. The van der Waals surface area contributed by atoms with Crippen molar-refractivity contribution in [2.75, 3.05) is 11.1 Å². The molecule has 2 aromatic carbocycles. The fourth-order valence-corrected chi connectivity index (χ4v) is 3.94. The summed E-state index contributed by atoms with van der Waals surface area (Å²) in [6, 6.07) is 12.0. The summed E-state index contributed by atoms with van der Waals surface area (Å²) in [4.78, 5) is 24.8. The van der Waals surface area contributed by atoms with Gasteiger partial charge < -0.3 is 15.2 Å². The van der Waals surface area contributed by atoms with E-state index >= 15 is 0 Å². The molecule has 0 saturated heterocycles. The molecule has 1 atom stereocenters. The number of carbonyl (C=O) groups excluding carboxylic acids is 2. The third-order valence-electron chi connectivity index (χ3n) is 4.44. The van der Waals surface area contributed by atoms with Crippen LogP contribution in [0.5, 0.6) is 0 Å². The maximum atomic E-state index is 12.5. The SMILES string of the molecule is Cc1cccc(C(=O)N[C@@H](C)c2nnc(SCC(=O)Nc3cccc(Cl)c3Cl)n2C)c1. The van der Waals surface area contributed by atoms with Crippen LogP contribution in [0.15, 0.2) is 47.6 Å². The quantitative estimate of drug-likeness (QED) is 0.483. The summed E-state index contributed by atoms with van der Waals surface area (Å²) in [5.74, 6) is 0.256. The maximum Gasteiger partial charge on any atom is 0.251 e. The molecule has 0 bridgehead atoms. The first-order chi connectivity index (χ1) is 14.8. The van der Waals surface area contributed by atoms with Gasteiger partial charge in [-0.05, 0) is 38.1 Å². The Morgan fingerprint density at radius 2 is 1.90 bits per heavy atom. The molecule has 31 heavy (non-hydrogen) atoms. The van der Waals surface area contributed by atoms with Gasteiger partial charge in [0.2, 0.25) is 5.91 Å². The van der Waals surface area contributed by atoms with Crippen LogP contribution in [0, 0.1) is 6.92 Å². The Balaban J connectivity index is 1.59. The number of benzene rings is 2. The molecular weight excluding hydrogens is 457 g/mol. The predicted molar refractivity (Wildman–Crippen MR) is 124 cm³/mol. The summed E-state index contributed by atoms with van der Waals surface area (Å²) < 4.78 is 1.76. The molecule has 0 aliphatic carbocycles. The lowest BCUT2D eigenvalue weighted by Gasteiger charge is -2.14. The second-order valence-corrected chi connectivity index (χ2v) is 8.63. The van der Waals surface area contributed by atoms with Crippen LogP contribution in [0.4, 0.5) is 5.69 Å². The number of aromatic nitrogens is 3. The Bertz CT molecular complexity index is 1120. The highest BCUT2D eigenvalue weighted by Gasteiger charge is 2.19. The van der Waals surface area contributed by atoms with Crippen LogP contribution in [0.25, 0.3) is 0 Å². The van der Waals surface area contributed by atoms with Gasteiger partial charge in [0.25, 0.3) is 5.91 Å². The van der Waals surface area contributed by atoms with Crippen molar-refractivity contribution in [2.45, 2.75) is 25.0 Å². The van der Waals surface area contributed by atoms with Gasteiger partial charge in [0.05, 0.1) is 27.5 Å². The first kappa shape index (κ1) is 23.1. The average molecular weight is 478 g/mol. The standard InChI is InChI=1S/C21H21Cl2N5O2S/c1-12-6-4-7-14(10-12)20(30)24-13(2)19-26-27-21(28(19)3)31-11-17(29)25-16-9-5-8-15(22)18(16)23/h4-10,13H,11H2,1-3H3,(H,24,30)(H,25,29)/t13-/m0/s1. The lowest BCUT2D eigenvalue weighted by atomic mass is 10.1. The zero-order valence-corrected chi connectivity index (χ0v) is 19.5. The normalized spacial score (nSPS) is 11.8. The number of hydrogen-bond acceptors (Lipinski definition) is 5. The largest absolute Gasteiger partial charge is 0.342 e. The molecule has 3 aromatic rings. The first-order valence-electron chi connectivity index (χ1n) is 9.39. The molecular formula is C21H21Cl2N5O2S. The summed E-state index contributed by atoms with van der Waals surface area (Å²) in [7, 11) is 1.79. The summed E-state index contributed by atoms with van der Waals surface area (Å²) in [5, 5.41) is 15.2. The highest BCUT2D eigenvalue weighted by Crippen LogP contribution is 2.29. The summed E-state index contributed by atoms with van der Waals surface area (Å²) in [5.41, 5.74) is 2.04. The summed E-state index contributed by atoms with van der Waals surface area (Å²) in [6.45, 7) is 3.77. The molecule has 2 amide bonds. The molecule has 0 aliphatic rings. The molecule has 0 saturated carbocycles. The highest BCUT2D eigenvalue weighted by atomic mass is 35.5. The van der Waals surface area contributed by atoms with E-state index in [4.69, 9.17) is 23.2 Å². The van der Waals surface area contributed by atoms with Crippen molar-refractivity contribution >= 4 is 52.5 Å². The van der Waals surface area contributed by atoms with Crippen molar-refractivity contribution in [3.63, 3.8) is 0 Å². The number of rotatable bonds is 7. The molecule has 0 aliphatic heterocycles. The molecule has 0 fully saturated rings. The van der Waals surface area contributed by atoms with Crippen LogP contribution in [0.2, 0.25) is 10.0 Å². The minimum atomic E-state index is -0.362. The van der Waals surface area contributed by atoms with Crippen LogP contribution >= 0.6 is 35.0 Å². The van der Waals surface area contributed by atoms with Crippen molar-refractivity contribution in [3.05, 3.63) is 69.5 Å². The smallest absolute Gasteiger partial charge is 0.251 e. The van der Waals surface area contributed by atoms with Crippen molar-refractivity contribution in [2.24, 2.45) is 7.05 Å². The Morgan fingerprint density at radius 3 is 2.65 bits per heavy atom. The van der Waals surface area contributed by atoms with E-state index in [-0.39, 0.29) is 23.6 Å². The number of hydrogen-bond donors (Lipinski definition) is 2. The number of thioether (sulfide) groups is 1. The van der Waals surface area contributed by atoms with Crippen LogP contribution in [-0.4, -0.2) is 32.3 Å². The molecule has 2 N–H and O–H groups in total. The van der Waals surface area contributed by atoms with E-state index in [1.54, 1.807) is 35.9 Å². The first-order valence-corrected chi connectivity index (χ1v) is 11.1. The van der Waals surface area contributed by atoms with Crippen LogP contribution < -0.4 is 10.6 Å². The molecule has 162 valence electrons. The second-order valence-electron chi connectivity index (χ2n) is 6.90. The van der Waals surface area contributed by atoms with Crippen molar-refractivity contribution in [3.8, 4) is 0 Å². The van der Waals surface area contributed by atoms with E-state index in [9.17, 15) is 9.59 Å². The number of anilines is 1. The lowest BCUT2D eigenvalue weighted by molar-refractivity contribution is -0.113. The number of nitrogens with zero attached hydrogens (tertiary/aromatic N) is 3. The van der Waals surface area contributed by atoms with Crippen LogP contribution in [0.3, 0.4) is 0 Å². The maximum absolute atomic E-state index is 12.5. The molecule has 10 heteroatoms. The predicted octanol–water partition coefficient (Wildman–Crippen LogP) is 4.65. The Kier molecular flexibility index (Phi) is 7.59. The van der Waals surface area contributed by atoms with Crippen molar-refractivity contribution in [1.29, 1.82) is 0 Å². The van der Waals surface area contributed by atoms with Gasteiger partial charge in [-0.2, -0.15) is 0 Å². The van der Waals surface area contributed by atoms with Gasteiger partial charge in [0.1, 0.15) is 0 Å². The van der Waals surface area contributed by atoms with Gasteiger partial charge in [-0.25, -0.2) is 0 Å². The number of aryl methyl sites for hydroxylation is 1. The molecule has 1 heterocycles. The van der Waals surface area contributed by atoms with Gasteiger partial charge >= 0.3 is 0 Å². The Morgan fingerprint density at radius 1 is 1.16 bits per heavy atom. The molecule has 0 radical (unpaired) electrons. The van der Waals surface area contributed by atoms with Gasteiger partial charge in [-0.15, -0.1) is 10.2 Å². The van der Waals surface area contributed by atoms with E-state index < -0.39 is 0 Å². The van der Waals surface area contributed by atoms with E-state index in [1.807, 2.05) is 32.0 Å². The monoisotopic (exact) mass is 477 g/mol. The molecule has 0 unspecified atom stereocenters. The average Bonchev–Trinajstić information content (AvgIpc) is 3.10. The molecule has 7 nitrogen and oxygen atoms in total. The second kappa shape index (κ2) is 10.2. The zero-order chi connectivity index (χ0) is 22.5. The third-order valence-corrected chi connectivity index (χ3v) is 6.28. The van der Waals surface area contributed by atoms with Gasteiger partial charge in [-0.3, -0.25) is 9.59 Å². The van der Waals surface area contributed by atoms with E-state index in [2.05, 4.69) is 20.8 Å². The molecule has 1 aromatic heterocycles. The zero-order valence-electron chi connectivity index (χ0n) is 17.1. The number of carbonyl (C=O) groups is 2. The van der Waals surface area contributed by atoms with Gasteiger partial charge in [-0.1, -0.05) is 58.7 Å². The van der Waals surface area contributed by atoms with Crippen molar-refractivity contribution in [1.82, 2.24) is 20.1 Å². The number of nitrogens with one attached hydrogen (secondary N) is 2.